The number of carbonyl (C=O) groups excluding carboxylic acids is 1. The van der Waals surface area contributed by atoms with Crippen molar-refractivity contribution in [2.24, 2.45) is 11.8 Å². The smallest absolute Gasteiger partial charge is 0.311 e. The molecule has 0 radical (unpaired) electrons. The average Bonchev–Trinajstić information content (AvgIpc) is 2.94. The van der Waals surface area contributed by atoms with Gasteiger partial charge in [0, 0.05) is 29.1 Å². The Morgan fingerprint density at radius 2 is 1.71 bits per heavy atom. The highest BCUT2D eigenvalue weighted by atomic mass is 79.9. The van der Waals surface area contributed by atoms with E-state index in [0.717, 1.165) is 8.96 Å². The van der Waals surface area contributed by atoms with Crippen LogP contribution in [0.4, 0.5) is 0 Å². The number of aliphatic hydroxyl groups excluding tert-OH is 1. The van der Waals surface area contributed by atoms with E-state index in [-0.39, 0.29) is 18.5 Å². The van der Waals surface area contributed by atoms with Gasteiger partial charge in [0.05, 0.1) is 12.5 Å². The lowest BCUT2D eigenvalue weighted by molar-refractivity contribution is -0.220. The number of hydrogen-bond acceptors (Lipinski definition) is 5. The molecule has 2 fully saturated rings. The quantitative estimate of drug-likeness (QED) is 0.329. The molecule has 1 N–H and O–H groups in total. The normalized spacial score (nSPS) is 47.0. The van der Waals surface area contributed by atoms with Crippen LogP contribution in [-0.2, 0) is 19.0 Å². The highest BCUT2D eigenvalue weighted by molar-refractivity contribution is 9.16. The van der Waals surface area contributed by atoms with Gasteiger partial charge in [0.2, 0.25) is 5.79 Å². The Bertz CT molecular complexity index is 548. The molecule has 0 spiro atoms. The number of esters is 1. The zero-order chi connectivity index (χ0) is 15.8. The van der Waals surface area contributed by atoms with Gasteiger partial charge in [-0.3, -0.25) is 4.79 Å². The van der Waals surface area contributed by atoms with Gasteiger partial charge in [-0.1, -0.05) is 63.7 Å². The highest BCUT2D eigenvalue weighted by Gasteiger charge is 2.87. The molecule has 2 aliphatic carbocycles. The highest BCUT2D eigenvalue weighted by Crippen LogP contribution is 2.77. The number of ether oxygens (including phenoxy) is 3. The molecule has 3 rings (SSSR count). The van der Waals surface area contributed by atoms with Crippen LogP contribution in [0.2, 0.25) is 0 Å². The summed E-state index contributed by atoms with van der Waals surface area (Å²) in [6.45, 7) is -0.259. The van der Waals surface area contributed by atoms with Gasteiger partial charge >= 0.3 is 5.97 Å². The number of methoxy groups -OCH3 is 2. The topological polar surface area (TPSA) is 65.0 Å². The number of fused-ring (bicyclic) bond motifs is 5. The second-order valence-corrected chi connectivity index (χ2v) is 9.33. The standard InChI is InChI=1S/C12H12Br4O5/c1-19-12(20-2)10(15)5-4(3-17)21-9(18)6(5)11(12,16)8(14)7(10)13/h4-6,17H,3H2,1-2H3/t4-,5+,6+,10+,11+/m1/s1. The van der Waals surface area contributed by atoms with Gasteiger partial charge in [0.25, 0.3) is 0 Å². The number of cyclic esters (lactones) is 1. The van der Waals surface area contributed by atoms with E-state index in [9.17, 15) is 9.90 Å². The fourth-order valence-electron chi connectivity index (χ4n) is 3.96. The van der Waals surface area contributed by atoms with Crippen molar-refractivity contribution in [3.05, 3.63) is 8.96 Å². The predicted molar refractivity (Wildman–Crippen MR) is 88.9 cm³/mol. The Balaban J connectivity index is 2.32. The van der Waals surface area contributed by atoms with Crippen molar-refractivity contribution in [2.45, 2.75) is 20.5 Å². The molecule has 1 saturated carbocycles. The molecular weight excluding hydrogens is 544 g/mol. The van der Waals surface area contributed by atoms with Crippen LogP contribution in [0.25, 0.3) is 0 Å². The Labute approximate surface area is 155 Å². The lowest BCUT2D eigenvalue weighted by Gasteiger charge is -2.43. The number of aliphatic hydroxyl groups is 1. The molecule has 5 atom stereocenters. The second-order valence-electron chi connectivity index (χ2n) is 5.24. The van der Waals surface area contributed by atoms with Crippen LogP contribution in [-0.4, -0.2) is 52.4 Å². The largest absolute Gasteiger partial charge is 0.459 e. The van der Waals surface area contributed by atoms with Gasteiger partial charge in [-0.2, -0.15) is 0 Å². The molecule has 0 amide bonds. The predicted octanol–water partition coefficient (Wildman–Crippen LogP) is 2.42. The molecule has 1 heterocycles. The van der Waals surface area contributed by atoms with E-state index in [1.165, 1.54) is 14.2 Å². The van der Waals surface area contributed by atoms with Gasteiger partial charge in [-0.05, 0) is 0 Å². The maximum atomic E-state index is 12.4. The zero-order valence-electron chi connectivity index (χ0n) is 11.0. The van der Waals surface area contributed by atoms with Gasteiger partial charge in [-0.15, -0.1) is 0 Å². The fourth-order valence-corrected chi connectivity index (χ4v) is 9.12. The average molecular weight is 556 g/mol. The third-order valence-corrected chi connectivity index (χ3v) is 11.2. The summed E-state index contributed by atoms with van der Waals surface area (Å²) in [6, 6.07) is 0. The summed E-state index contributed by atoms with van der Waals surface area (Å²) in [6.07, 6.45) is -0.626. The van der Waals surface area contributed by atoms with Crippen LogP contribution >= 0.6 is 63.7 Å². The third kappa shape index (κ3) is 1.51. The number of carbonyl (C=O) groups is 1. The van der Waals surface area contributed by atoms with Crippen molar-refractivity contribution in [3.8, 4) is 0 Å². The Hall–Kier alpha value is 1.01. The summed E-state index contributed by atoms with van der Waals surface area (Å²) in [5, 5.41) is 9.59. The molecular formula is C12H12Br4O5. The van der Waals surface area contributed by atoms with Crippen LogP contribution in [0, 0.1) is 11.8 Å². The van der Waals surface area contributed by atoms with E-state index < -0.39 is 26.5 Å². The molecule has 3 aliphatic rings. The van der Waals surface area contributed by atoms with E-state index in [1.54, 1.807) is 0 Å². The number of rotatable bonds is 3. The van der Waals surface area contributed by atoms with Crippen LogP contribution in [0.5, 0.6) is 0 Å². The minimum Gasteiger partial charge on any atom is -0.459 e. The molecule has 1 saturated heterocycles. The number of hydrogen-bond donors (Lipinski definition) is 1. The molecule has 118 valence electrons. The van der Waals surface area contributed by atoms with E-state index in [2.05, 4.69) is 63.7 Å². The van der Waals surface area contributed by atoms with Gasteiger partial charge in [0.1, 0.15) is 14.8 Å². The minimum atomic E-state index is -1.17. The first kappa shape index (κ1) is 16.9. The number of halogens is 4. The Morgan fingerprint density at radius 3 is 2.19 bits per heavy atom. The summed E-state index contributed by atoms with van der Waals surface area (Å²) in [4.78, 5) is 12.4. The zero-order valence-corrected chi connectivity index (χ0v) is 17.4. The molecule has 0 aromatic carbocycles. The second kappa shape index (κ2) is 5.00. The molecule has 5 nitrogen and oxygen atoms in total. The van der Waals surface area contributed by atoms with Crippen molar-refractivity contribution in [1.82, 2.24) is 0 Å². The van der Waals surface area contributed by atoms with Crippen LogP contribution in [0.15, 0.2) is 8.96 Å². The van der Waals surface area contributed by atoms with Gasteiger partial charge in [-0.25, -0.2) is 0 Å². The SMILES string of the molecule is COC1(OC)[C@@]2(Br)C(Br)=C(Br)[C@@]1(Br)[C@@H]1C(=O)O[C@H](CO)[C@@H]12. The first-order chi connectivity index (χ1) is 9.77. The first-order valence-corrected chi connectivity index (χ1v) is 9.30. The maximum absolute atomic E-state index is 12.4. The molecule has 1 aliphatic heterocycles. The van der Waals surface area contributed by atoms with E-state index in [4.69, 9.17) is 14.2 Å². The summed E-state index contributed by atoms with van der Waals surface area (Å²) in [5.74, 6) is -2.44. The van der Waals surface area contributed by atoms with E-state index >= 15 is 0 Å². The van der Waals surface area contributed by atoms with Crippen LogP contribution < -0.4 is 0 Å². The van der Waals surface area contributed by atoms with Crippen molar-refractivity contribution >= 4 is 69.7 Å². The Kier molecular flexibility index (Phi) is 4.01. The summed E-state index contributed by atoms with van der Waals surface area (Å²) >= 11 is 14.5. The van der Waals surface area contributed by atoms with Crippen LogP contribution in [0.1, 0.15) is 0 Å². The molecule has 0 aromatic rings. The molecule has 0 aromatic heterocycles. The number of alkyl halides is 2. The third-order valence-electron chi connectivity index (χ3n) is 4.71. The van der Waals surface area contributed by atoms with E-state index in [1.807, 2.05) is 0 Å². The summed E-state index contributed by atoms with van der Waals surface area (Å²) < 4.78 is 16.5. The van der Waals surface area contributed by atoms with Crippen molar-refractivity contribution < 1.29 is 24.1 Å². The fraction of sp³-hybridized carbons (Fsp3) is 0.750. The first-order valence-electron chi connectivity index (χ1n) is 6.13. The van der Waals surface area contributed by atoms with Crippen molar-refractivity contribution in [3.63, 3.8) is 0 Å². The van der Waals surface area contributed by atoms with Crippen molar-refractivity contribution in [2.75, 3.05) is 20.8 Å². The lowest BCUT2D eigenvalue weighted by atomic mass is 9.81. The monoisotopic (exact) mass is 552 g/mol. The Morgan fingerprint density at radius 1 is 1.19 bits per heavy atom. The van der Waals surface area contributed by atoms with Crippen LogP contribution in [0.3, 0.4) is 0 Å². The molecule has 0 unspecified atom stereocenters. The summed E-state index contributed by atoms with van der Waals surface area (Å²) in [5.41, 5.74) is 0. The van der Waals surface area contributed by atoms with Gasteiger partial charge < -0.3 is 19.3 Å². The maximum Gasteiger partial charge on any atom is 0.311 e. The molecule has 21 heavy (non-hydrogen) atoms. The minimum absolute atomic E-state index is 0.259. The molecule has 9 heteroatoms. The lowest BCUT2D eigenvalue weighted by Crippen LogP contribution is -2.58. The summed E-state index contributed by atoms with van der Waals surface area (Å²) in [7, 11) is 3.06. The van der Waals surface area contributed by atoms with Crippen molar-refractivity contribution in [1.29, 1.82) is 0 Å². The van der Waals surface area contributed by atoms with Gasteiger partial charge in [0.15, 0.2) is 0 Å². The molecule has 2 bridgehead atoms. The van der Waals surface area contributed by atoms with E-state index in [0.29, 0.717) is 0 Å².